The van der Waals surface area contributed by atoms with Crippen LogP contribution in [0.15, 0.2) is 18.5 Å². The van der Waals surface area contributed by atoms with Crippen LogP contribution in [0.2, 0.25) is 0 Å². The molecule has 1 aliphatic carbocycles. The first kappa shape index (κ1) is 13.5. The Morgan fingerprint density at radius 2 is 2.22 bits per heavy atom. The molecule has 1 aromatic heterocycles. The minimum Gasteiger partial charge on any atom is -0.396 e. The molecular weight excluding hydrogens is 230 g/mol. The Balaban J connectivity index is 1.62. The van der Waals surface area contributed by atoms with Gasteiger partial charge in [-0.3, -0.25) is 4.68 Å². The van der Waals surface area contributed by atoms with Gasteiger partial charge in [-0.1, -0.05) is 6.42 Å². The van der Waals surface area contributed by atoms with Crippen LogP contribution in [0.25, 0.3) is 0 Å². The summed E-state index contributed by atoms with van der Waals surface area (Å²) in [4.78, 5) is 0. The third-order valence-corrected chi connectivity index (χ3v) is 3.79. The Morgan fingerprint density at radius 1 is 1.39 bits per heavy atom. The Morgan fingerprint density at radius 3 is 2.94 bits per heavy atom. The lowest BCUT2D eigenvalue weighted by Gasteiger charge is -2.19. The summed E-state index contributed by atoms with van der Waals surface area (Å²) in [6, 6.07) is 1.85. The monoisotopic (exact) mass is 253 g/mol. The van der Waals surface area contributed by atoms with Gasteiger partial charge in [-0.15, -0.1) is 0 Å². The zero-order valence-electron chi connectivity index (χ0n) is 10.7. The van der Waals surface area contributed by atoms with Crippen molar-refractivity contribution in [2.45, 2.75) is 31.9 Å². The Kier molecular flexibility index (Phi) is 5.16. The Bertz CT molecular complexity index is 329. The number of aliphatic hydroxyl groups is 2. The van der Waals surface area contributed by atoms with E-state index in [2.05, 4.69) is 10.4 Å². The van der Waals surface area contributed by atoms with Crippen LogP contribution in [0.1, 0.15) is 19.3 Å². The molecule has 18 heavy (non-hydrogen) atoms. The average Bonchev–Trinajstić information content (AvgIpc) is 3.00. The van der Waals surface area contributed by atoms with Gasteiger partial charge < -0.3 is 15.5 Å². The van der Waals surface area contributed by atoms with Crippen molar-refractivity contribution >= 4 is 0 Å². The molecule has 1 aromatic rings. The summed E-state index contributed by atoms with van der Waals surface area (Å²) >= 11 is 0. The van der Waals surface area contributed by atoms with Gasteiger partial charge in [-0.25, -0.2) is 0 Å². The van der Waals surface area contributed by atoms with Crippen LogP contribution in [-0.4, -0.2) is 45.8 Å². The van der Waals surface area contributed by atoms with Crippen LogP contribution in [0.4, 0.5) is 0 Å². The second-order valence-corrected chi connectivity index (χ2v) is 5.17. The number of nitrogens with zero attached hydrogens (tertiary/aromatic N) is 2. The van der Waals surface area contributed by atoms with Crippen molar-refractivity contribution < 1.29 is 10.2 Å². The Hall–Kier alpha value is -0.910. The lowest BCUT2D eigenvalue weighted by Crippen LogP contribution is -2.34. The molecule has 102 valence electrons. The maximum atomic E-state index is 9.85. The average molecular weight is 253 g/mol. The molecule has 1 heterocycles. The summed E-state index contributed by atoms with van der Waals surface area (Å²) in [6.45, 7) is 2.28. The topological polar surface area (TPSA) is 70.3 Å². The van der Waals surface area contributed by atoms with Crippen LogP contribution in [0, 0.1) is 11.8 Å². The highest BCUT2D eigenvalue weighted by molar-refractivity contribution is 4.80. The molecule has 0 aromatic carbocycles. The molecule has 0 saturated heterocycles. The van der Waals surface area contributed by atoms with Gasteiger partial charge >= 0.3 is 0 Å². The van der Waals surface area contributed by atoms with Crippen LogP contribution < -0.4 is 5.32 Å². The number of nitrogens with one attached hydrogen (secondary N) is 1. The normalized spacial score (nSPS) is 25.4. The highest BCUT2D eigenvalue weighted by Crippen LogP contribution is 2.30. The molecule has 0 spiro atoms. The molecule has 0 aliphatic heterocycles. The fraction of sp³-hybridized carbons (Fsp3) is 0.769. The predicted molar refractivity (Wildman–Crippen MR) is 69.0 cm³/mol. The van der Waals surface area contributed by atoms with E-state index < -0.39 is 6.10 Å². The number of hydrogen-bond acceptors (Lipinski definition) is 4. The van der Waals surface area contributed by atoms with Gasteiger partial charge in [-0.05, 0) is 37.3 Å². The van der Waals surface area contributed by atoms with Crippen LogP contribution in [0.3, 0.4) is 0 Å². The molecule has 1 saturated carbocycles. The van der Waals surface area contributed by atoms with E-state index in [-0.39, 0.29) is 0 Å². The van der Waals surface area contributed by atoms with E-state index in [0.29, 0.717) is 31.5 Å². The molecule has 0 radical (unpaired) electrons. The molecule has 2 rings (SSSR count). The zero-order valence-corrected chi connectivity index (χ0v) is 10.7. The molecule has 3 N–H and O–H groups in total. The van der Waals surface area contributed by atoms with Crippen LogP contribution in [0.5, 0.6) is 0 Å². The van der Waals surface area contributed by atoms with E-state index in [4.69, 9.17) is 0 Å². The van der Waals surface area contributed by atoms with Gasteiger partial charge in [0.1, 0.15) is 0 Å². The number of aromatic nitrogens is 2. The lowest BCUT2D eigenvalue weighted by molar-refractivity contribution is 0.141. The van der Waals surface area contributed by atoms with Gasteiger partial charge in [-0.2, -0.15) is 5.10 Å². The van der Waals surface area contributed by atoms with Gasteiger partial charge in [0.2, 0.25) is 0 Å². The molecule has 1 aliphatic rings. The molecule has 5 nitrogen and oxygen atoms in total. The van der Waals surface area contributed by atoms with E-state index in [1.807, 2.05) is 12.3 Å². The fourth-order valence-corrected chi connectivity index (χ4v) is 2.75. The number of aliphatic hydroxyl groups excluding tert-OH is 2. The van der Waals surface area contributed by atoms with Crippen molar-refractivity contribution in [2.75, 3.05) is 19.7 Å². The Labute approximate surface area is 108 Å². The number of rotatable bonds is 7. The first-order chi connectivity index (χ1) is 8.79. The van der Waals surface area contributed by atoms with Gasteiger partial charge in [0, 0.05) is 25.5 Å². The highest BCUT2D eigenvalue weighted by Gasteiger charge is 2.26. The van der Waals surface area contributed by atoms with Crippen LogP contribution in [-0.2, 0) is 6.54 Å². The predicted octanol–water partition coefficient (Wildman–Crippen LogP) is 0.242. The zero-order chi connectivity index (χ0) is 12.8. The molecule has 5 heteroatoms. The first-order valence-electron chi connectivity index (χ1n) is 6.76. The van der Waals surface area contributed by atoms with Gasteiger partial charge in [0.15, 0.2) is 0 Å². The maximum Gasteiger partial charge on any atom is 0.0860 e. The standard InChI is InChI=1S/C13H23N3O2/c17-10-12-4-1-3-11(12)7-14-8-13(18)9-16-6-2-5-15-16/h2,5-6,11-14,17-18H,1,3-4,7-10H2. The highest BCUT2D eigenvalue weighted by atomic mass is 16.3. The molecule has 0 bridgehead atoms. The molecule has 3 atom stereocenters. The van der Waals surface area contributed by atoms with Crippen molar-refractivity contribution in [1.82, 2.24) is 15.1 Å². The van der Waals surface area contributed by atoms with Crippen molar-refractivity contribution in [3.63, 3.8) is 0 Å². The van der Waals surface area contributed by atoms with Crippen molar-refractivity contribution in [3.8, 4) is 0 Å². The summed E-state index contributed by atoms with van der Waals surface area (Å²) in [7, 11) is 0. The fourth-order valence-electron chi connectivity index (χ4n) is 2.75. The van der Waals surface area contributed by atoms with Crippen molar-refractivity contribution in [1.29, 1.82) is 0 Å². The van der Waals surface area contributed by atoms with Crippen molar-refractivity contribution in [3.05, 3.63) is 18.5 Å². The van der Waals surface area contributed by atoms with E-state index in [0.717, 1.165) is 13.0 Å². The van der Waals surface area contributed by atoms with E-state index in [1.165, 1.54) is 12.8 Å². The second-order valence-electron chi connectivity index (χ2n) is 5.17. The third kappa shape index (κ3) is 3.80. The van der Waals surface area contributed by atoms with Gasteiger partial charge in [0.05, 0.1) is 12.6 Å². The summed E-state index contributed by atoms with van der Waals surface area (Å²) < 4.78 is 1.73. The molecule has 0 amide bonds. The summed E-state index contributed by atoms with van der Waals surface area (Å²) in [6.07, 6.45) is 6.69. The number of hydrogen-bond donors (Lipinski definition) is 3. The van der Waals surface area contributed by atoms with E-state index in [1.54, 1.807) is 10.9 Å². The van der Waals surface area contributed by atoms with Gasteiger partial charge in [0.25, 0.3) is 0 Å². The minimum atomic E-state index is -0.418. The first-order valence-corrected chi connectivity index (χ1v) is 6.76. The van der Waals surface area contributed by atoms with Crippen molar-refractivity contribution in [2.24, 2.45) is 11.8 Å². The summed E-state index contributed by atoms with van der Waals surface area (Å²) in [5.41, 5.74) is 0. The quantitative estimate of drug-likeness (QED) is 0.651. The minimum absolute atomic E-state index is 0.294. The lowest BCUT2D eigenvalue weighted by atomic mass is 9.97. The maximum absolute atomic E-state index is 9.85. The smallest absolute Gasteiger partial charge is 0.0860 e. The van der Waals surface area contributed by atoms with E-state index >= 15 is 0 Å². The third-order valence-electron chi connectivity index (χ3n) is 3.79. The molecule has 3 unspecified atom stereocenters. The SMILES string of the molecule is OCC1CCCC1CNCC(O)Cn1cccn1. The summed E-state index contributed by atoms with van der Waals surface area (Å²) in [5.74, 6) is 1.01. The van der Waals surface area contributed by atoms with E-state index in [9.17, 15) is 10.2 Å². The molecular formula is C13H23N3O2. The second kappa shape index (κ2) is 6.87. The largest absolute Gasteiger partial charge is 0.396 e. The van der Waals surface area contributed by atoms with Crippen LogP contribution >= 0.6 is 0 Å². The summed E-state index contributed by atoms with van der Waals surface area (Å²) in [5, 5.41) is 26.4. The molecule has 1 fully saturated rings.